The molecule has 0 amide bonds. The van der Waals surface area contributed by atoms with Gasteiger partial charge < -0.3 is 11.1 Å². The standard InChI is InChI=1S/C15H14N2/c16-13-7-5-11(6-8-13)9-14-10-12-3-1-2-4-15(12)17-14/h1-9,17H,10,16H2/b14-9+. The molecule has 0 saturated heterocycles. The number of hydrogen-bond donors (Lipinski definition) is 2. The molecule has 0 fully saturated rings. The molecule has 0 spiro atoms. The zero-order valence-electron chi connectivity index (χ0n) is 9.48. The molecule has 2 nitrogen and oxygen atoms in total. The van der Waals surface area contributed by atoms with Crippen molar-refractivity contribution < 1.29 is 0 Å². The van der Waals surface area contributed by atoms with Crippen molar-refractivity contribution in [2.24, 2.45) is 0 Å². The number of rotatable bonds is 1. The van der Waals surface area contributed by atoms with Gasteiger partial charge in [0.2, 0.25) is 0 Å². The van der Waals surface area contributed by atoms with Gasteiger partial charge in [0.25, 0.3) is 0 Å². The van der Waals surface area contributed by atoms with Gasteiger partial charge in [-0.3, -0.25) is 0 Å². The summed E-state index contributed by atoms with van der Waals surface area (Å²) in [7, 11) is 0. The molecule has 17 heavy (non-hydrogen) atoms. The van der Waals surface area contributed by atoms with Crippen LogP contribution in [-0.2, 0) is 6.42 Å². The van der Waals surface area contributed by atoms with Gasteiger partial charge >= 0.3 is 0 Å². The van der Waals surface area contributed by atoms with Crippen molar-refractivity contribution in [1.29, 1.82) is 0 Å². The van der Waals surface area contributed by atoms with Crippen LogP contribution >= 0.6 is 0 Å². The van der Waals surface area contributed by atoms with E-state index >= 15 is 0 Å². The molecule has 0 bridgehead atoms. The Morgan fingerprint density at radius 1 is 1.00 bits per heavy atom. The SMILES string of the molecule is Nc1ccc(/C=C2\Cc3ccccc3N2)cc1. The molecule has 1 aliphatic rings. The van der Waals surface area contributed by atoms with E-state index in [2.05, 4.69) is 35.7 Å². The Kier molecular flexibility index (Phi) is 2.33. The molecule has 3 N–H and O–H groups in total. The van der Waals surface area contributed by atoms with E-state index in [0.29, 0.717) is 0 Å². The lowest BCUT2D eigenvalue weighted by atomic mass is 10.1. The van der Waals surface area contributed by atoms with Gasteiger partial charge in [-0.25, -0.2) is 0 Å². The summed E-state index contributed by atoms with van der Waals surface area (Å²) in [5, 5.41) is 3.43. The highest BCUT2D eigenvalue weighted by Gasteiger charge is 2.12. The Morgan fingerprint density at radius 3 is 2.53 bits per heavy atom. The molecule has 0 aliphatic carbocycles. The van der Waals surface area contributed by atoms with Gasteiger partial charge in [-0.1, -0.05) is 30.3 Å². The number of allylic oxidation sites excluding steroid dienone is 1. The molecule has 0 aromatic heterocycles. The van der Waals surface area contributed by atoms with E-state index < -0.39 is 0 Å². The molecule has 2 aromatic carbocycles. The van der Waals surface area contributed by atoms with Gasteiger partial charge in [0.15, 0.2) is 0 Å². The highest BCUT2D eigenvalue weighted by Crippen LogP contribution is 2.28. The first-order chi connectivity index (χ1) is 8.31. The zero-order chi connectivity index (χ0) is 11.7. The minimum absolute atomic E-state index is 0.801. The fourth-order valence-corrected chi connectivity index (χ4v) is 2.10. The molecule has 3 rings (SSSR count). The van der Waals surface area contributed by atoms with Gasteiger partial charge in [0, 0.05) is 23.5 Å². The molecule has 1 aliphatic heterocycles. The van der Waals surface area contributed by atoms with E-state index in [0.717, 1.165) is 12.1 Å². The van der Waals surface area contributed by atoms with Crippen molar-refractivity contribution in [2.75, 3.05) is 11.1 Å². The number of fused-ring (bicyclic) bond motifs is 1. The maximum Gasteiger partial charge on any atom is 0.0418 e. The Labute approximate surface area is 101 Å². The van der Waals surface area contributed by atoms with Gasteiger partial charge in [-0.05, 0) is 35.4 Å². The summed E-state index contributed by atoms with van der Waals surface area (Å²) < 4.78 is 0. The quantitative estimate of drug-likeness (QED) is 0.727. The largest absolute Gasteiger partial charge is 0.399 e. The van der Waals surface area contributed by atoms with Crippen LogP contribution in [0.15, 0.2) is 54.2 Å². The average molecular weight is 222 g/mol. The Hall–Kier alpha value is -2.22. The third-order valence-corrected chi connectivity index (χ3v) is 2.97. The minimum atomic E-state index is 0.801. The summed E-state index contributed by atoms with van der Waals surface area (Å²) in [4.78, 5) is 0. The Morgan fingerprint density at radius 2 is 1.76 bits per heavy atom. The second-order valence-corrected chi connectivity index (χ2v) is 4.30. The molecule has 1 heterocycles. The smallest absolute Gasteiger partial charge is 0.0418 e. The van der Waals surface area contributed by atoms with Crippen LogP contribution in [0.3, 0.4) is 0 Å². The van der Waals surface area contributed by atoms with Gasteiger partial charge in [0.05, 0.1) is 0 Å². The number of nitrogens with two attached hydrogens (primary N) is 1. The predicted molar refractivity (Wildman–Crippen MR) is 72.6 cm³/mol. The van der Waals surface area contributed by atoms with Crippen LogP contribution < -0.4 is 11.1 Å². The molecule has 84 valence electrons. The van der Waals surface area contributed by atoms with Crippen LogP contribution in [0.1, 0.15) is 11.1 Å². The minimum Gasteiger partial charge on any atom is -0.399 e. The van der Waals surface area contributed by atoms with E-state index in [-0.39, 0.29) is 0 Å². The lowest BCUT2D eigenvalue weighted by molar-refractivity contribution is 1.26. The van der Waals surface area contributed by atoms with E-state index in [9.17, 15) is 0 Å². The molecule has 0 radical (unpaired) electrons. The van der Waals surface area contributed by atoms with E-state index in [1.165, 1.54) is 22.5 Å². The second-order valence-electron chi connectivity index (χ2n) is 4.30. The molecule has 0 saturated carbocycles. The third-order valence-electron chi connectivity index (χ3n) is 2.97. The summed E-state index contributed by atoms with van der Waals surface area (Å²) in [5.41, 5.74) is 11.4. The molecular weight excluding hydrogens is 208 g/mol. The number of benzene rings is 2. The predicted octanol–water partition coefficient (Wildman–Crippen LogP) is 3.28. The number of anilines is 2. The van der Waals surface area contributed by atoms with Crippen molar-refractivity contribution in [3.63, 3.8) is 0 Å². The first-order valence-electron chi connectivity index (χ1n) is 5.72. The maximum absolute atomic E-state index is 5.67. The summed E-state index contributed by atoms with van der Waals surface area (Å²) in [6, 6.07) is 16.3. The van der Waals surface area contributed by atoms with E-state index in [4.69, 9.17) is 5.73 Å². The third kappa shape index (κ3) is 2.02. The molecule has 2 heteroatoms. The lowest BCUT2D eigenvalue weighted by Gasteiger charge is -2.00. The lowest BCUT2D eigenvalue weighted by Crippen LogP contribution is -1.91. The van der Waals surface area contributed by atoms with E-state index in [1.54, 1.807) is 0 Å². The summed E-state index contributed by atoms with van der Waals surface area (Å²) in [5.74, 6) is 0. The number of para-hydroxylation sites is 1. The summed E-state index contributed by atoms with van der Waals surface area (Å²) in [6.45, 7) is 0. The maximum atomic E-state index is 5.67. The first kappa shape index (κ1) is 9.97. The number of hydrogen-bond acceptors (Lipinski definition) is 2. The summed E-state index contributed by atoms with van der Waals surface area (Å²) >= 11 is 0. The Balaban J connectivity index is 1.87. The van der Waals surface area contributed by atoms with Crippen LogP contribution in [0.5, 0.6) is 0 Å². The first-order valence-corrected chi connectivity index (χ1v) is 5.72. The monoisotopic (exact) mass is 222 g/mol. The van der Waals surface area contributed by atoms with Crippen molar-refractivity contribution in [2.45, 2.75) is 6.42 Å². The molecule has 2 aromatic rings. The summed E-state index contributed by atoms with van der Waals surface area (Å²) in [6.07, 6.45) is 3.14. The number of nitrogens with one attached hydrogen (secondary N) is 1. The highest BCUT2D eigenvalue weighted by molar-refractivity contribution is 5.69. The fourth-order valence-electron chi connectivity index (χ4n) is 2.10. The van der Waals surface area contributed by atoms with Crippen LogP contribution in [0.2, 0.25) is 0 Å². The van der Waals surface area contributed by atoms with Crippen molar-refractivity contribution in [1.82, 2.24) is 0 Å². The topological polar surface area (TPSA) is 38.0 Å². The normalized spacial score (nSPS) is 15.6. The van der Waals surface area contributed by atoms with Crippen molar-refractivity contribution in [3.8, 4) is 0 Å². The molecule has 0 unspecified atom stereocenters. The highest BCUT2D eigenvalue weighted by atomic mass is 14.9. The number of nitrogen functional groups attached to an aromatic ring is 1. The van der Waals surface area contributed by atoms with Crippen molar-refractivity contribution in [3.05, 3.63) is 65.4 Å². The van der Waals surface area contributed by atoms with Crippen LogP contribution in [0, 0.1) is 0 Å². The van der Waals surface area contributed by atoms with Crippen LogP contribution in [-0.4, -0.2) is 0 Å². The van der Waals surface area contributed by atoms with Gasteiger partial charge in [-0.15, -0.1) is 0 Å². The van der Waals surface area contributed by atoms with Crippen LogP contribution in [0.25, 0.3) is 6.08 Å². The molecule has 0 atom stereocenters. The van der Waals surface area contributed by atoms with Crippen molar-refractivity contribution >= 4 is 17.5 Å². The molecular formula is C15H14N2. The van der Waals surface area contributed by atoms with E-state index in [1.807, 2.05) is 24.3 Å². The zero-order valence-corrected chi connectivity index (χ0v) is 9.48. The fraction of sp³-hybridized carbons (Fsp3) is 0.0667. The second kappa shape index (κ2) is 3.98. The Bertz CT molecular complexity index is 541. The average Bonchev–Trinajstić information content (AvgIpc) is 2.74. The van der Waals surface area contributed by atoms with Gasteiger partial charge in [0.1, 0.15) is 0 Å². The van der Waals surface area contributed by atoms with Crippen LogP contribution in [0.4, 0.5) is 11.4 Å². The van der Waals surface area contributed by atoms with Gasteiger partial charge in [-0.2, -0.15) is 0 Å².